The molecular formula is C11H20N2O2. The fourth-order valence-corrected chi connectivity index (χ4v) is 1.56. The summed E-state index contributed by atoms with van der Waals surface area (Å²) in [5.74, 6) is -0.114. The number of hydrogen-bond acceptors (Lipinski definition) is 2. The van der Waals surface area contributed by atoms with Crippen LogP contribution < -0.4 is 5.32 Å². The fourth-order valence-electron chi connectivity index (χ4n) is 1.56. The van der Waals surface area contributed by atoms with Crippen LogP contribution in [-0.2, 0) is 9.59 Å². The Balaban J connectivity index is 2.53. The molecule has 4 nitrogen and oxygen atoms in total. The molecule has 0 bridgehead atoms. The molecule has 2 amide bonds. The molecule has 1 atom stereocenters. The highest BCUT2D eigenvalue weighted by molar-refractivity contribution is 5.89. The van der Waals surface area contributed by atoms with E-state index in [9.17, 15) is 9.59 Å². The third kappa shape index (κ3) is 2.94. The van der Waals surface area contributed by atoms with E-state index in [1.807, 2.05) is 20.8 Å². The first-order valence-electron chi connectivity index (χ1n) is 5.41. The van der Waals surface area contributed by atoms with Crippen LogP contribution in [0, 0.1) is 5.92 Å². The van der Waals surface area contributed by atoms with E-state index in [-0.39, 0.29) is 23.3 Å². The lowest BCUT2D eigenvalue weighted by molar-refractivity contribution is -0.129. The van der Waals surface area contributed by atoms with Gasteiger partial charge in [-0.25, -0.2) is 0 Å². The quantitative estimate of drug-likeness (QED) is 0.751. The van der Waals surface area contributed by atoms with Crippen LogP contribution in [0.2, 0.25) is 0 Å². The minimum absolute atomic E-state index is 0.000417. The molecule has 0 saturated carbocycles. The maximum atomic E-state index is 11.8. The summed E-state index contributed by atoms with van der Waals surface area (Å²) in [6.45, 7) is 6.56. The van der Waals surface area contributed by atoms with Crippen LogP contribution in [-0.4, -0.2) is 35.8 Å². The van der Waals surface area contributed by atoms with Gasteiger partial charge < -0.3 is 10.2 Å². The van der Waals surface area contributed by atoms with Gasteiger partial charge in [0.1, 0.15) is 0 Å². The van der Waals surface area contributed by atoms with Gasteiger partial charge in [0, 0.05) is 25.6 Å². The standard InChI is InChI=1S/C11H20N2O2/c1-5-11(2,3)12-10(15)8-6-9(14)13(4)7-8/h8H,5-7H2,1-4H3,(H,12,15)/t8-/m1/s1. The molecule has 0 unspecified atom stereocenters. The zero-order valence-electron chi connectivity index (χ0n) is 9.96. The Kier molecular flexibility index (Phi) is 3.37. The van der Waals surface area contributed by atoms with Gasteiger partial charge in [0.2, 0.25) is 11.8 Å². The van der Waals surface area contributed by atoms with Gasteiger partial charge in [-0.15, -0.1) is 0 Å². The Morgan fingerprint density at radius 2 is 2.20 bits per heavy atom. The van der Waals surface area contributed by atoms with E-state index in [0.717, 1.165) is 6.42 Å². The van der Waals surface area contributed by atoms with Gasteiger partial charge in [-0.05, 0) is 20.3 Å². The van der Waals surface area contributed by atoms with Gasteiger partial charge >= 0.3 is 0 Å². The van der Waals surface area contributed by atoms with E-state index in [2.05, 4.69) is 5.32 Å². The predicted octanol–water partition coefficient (Wildman–Crippen LogP) is 0.769. The smallest absolute Gasteiger partial charge is 0.225 e. The van der Waals surface area contributed by atoms with Gasteiger partial charge in [0.15, 0.2) is 0 Å². The van der Waals surface area contributed by atoms with Crippen molar-refractivity contribution in [3.05, 3.63) is 0 Å². The number of carbonyl (C=O) groups excluding carboxylic acids is 2. The molecule has 1 rings (SSSR count). The van der Waals surface area contributed by atoms with E-state index in [1.165, 1.54) is 0 Å². The molecular weight excluding hydrogens is 192 g/mol. The van der Waals surface area contributed by atoms with Crippen LogP contribution in [0.3, 0.4) is 0 Å². The van der Waals surface area contributed by atoms with Crippen molar-refractivity contribution in [2.24, 2.45) is 5.92 Å². The minimum Gasteiger partial charge on any atom is -0.351 e. The molecule has 0 aromatic heterocycles. The summed E-state index contributed by atoms with van der Waals surface area (Å²) < 4.78 is 0. The normalized spacial score (nSPS) is 22.0. The number of likely N-dealkylation sites (tertiary alicyclic amines) is 1. The van der Waals surface area contributed by atoms with Crippen LogP contribution in [0.25, 0.3) is 0 Å². The second-order valence-electron chi connectivity index (χ2n) is 4.90. The summed E-state index contributed by atoms with van der Waals surface area (Å²) in [5, 5.41) is 2.97. The van der Waals surface area contributed by atoms with Crippen molar-refractivity contribution in [3.63, 3.8) is 0 Å². The average Bonchev–Trinajstić information content (AvgIpc) is 2.47. The van der Waals surface area contributed by atoms with Crippen molar-refractivity contribution in [2.45, 2.75) is 39.2 Å². The van der Waals surface area contributed by atoms with Crippen LogP contribution in [0.15, 0.2) is 0 Å². The van der Waals surface area contributed by atoms with Crippen molar-refractivity contribution >= 4 is 11.8 Å². The minimum atomic E-state index is -0.179. The number of nitrogens with one attached hydrogen (secondary N) is 1. The molecule has 0 spiro atoms. The number of amides is 2. The third-order valence-corrected chi connectivity index (χ3v) is 3.06. The summed E-state index contributed by atoms with van der Waals surface area (Å²) in [7, 11) is 1.74. The van der Waals surface area contributed by atoms with Crippen LogP contribution in [0.1, 0.15) is 33.6 Å². The molecule has 0 radical (unpaired) electrons. The lowest BCUT2D eigenvalue weighted by Gasteiger charge is -2.26. The highest BCUT2D eigenvalue weighted by atomic mass is 16.2. The van der Waals surface area contributed by atoms with E-state index in [4.69, 9.17) is 0 Å². The Labute approximate surface area is 91.0 Å². The summed E-state index contributed by atoms with van der Waals surface area (Å²) in [6.07, 6.45) is 1.23. The molecule has 0 aliphatic carbocycles. The van der Waals surface area contributed by atoms with Crippen molar-refractivity contribution in [3.8, 4) is 0 Å². The molecule has 1 N–H and O–H groups in total. The van der Waals surface area contributed by atoms with Crippen molar-refractivity contribution in [2.75, 3.05) is 13.6 Å². The highest BCUT2D eigenvalue weighted by Gasteiger charge is 2.33. The Bertz CT molecular complexity index is 274. The molecule has 0 aromatic rings. The Hall–Kier alpha value is -1.06. The molecule has 1 aliphatic rings. The second-order valence-corrected chi connectivity index (χ2v) is 4.90. The van der Waals surface area contributed by atoms with Gasteiger partial charge in [-0.3, -0.25) is 9.59 Å². The molecule has 0 aromatic carbocycles. The zero-order chi connectivity index (χ0) is 11.6. The van der Waals surface area contributed by atoms with Crippen molar-refractivity contribution in [1.82, 2.24) is 10.2 Å². The van der Waals surface area contributed by atoms with Gasteiger partial charge in [-0.2, -0.15) is 0 Å². The fraction of sp³-hybridized carbons (Fsp3) is 0.818. The van der Waals surface area contributed by atoms with Crippen LogP contribution >= 0.6 is 0 Å². The van der Waals surface area contributed by atoms with E-state index >= 15 is 0 Å². The molecule has 1 saturated heterocycles. The molecule has 15 heavy (non-hydrogen) atoms. The summed E-state index contributed by atoms with van der Waals surface area (Å²) >= 11 is 0. The molecule has 1 fully saturated rings. The van der Waals surface area contributed by atoms with E-state index in [1.54, 1.807) is 11.9 Å². The van der Waals surface area contributed by atoms with Gasteiger partial charge in [0.25, 0.3) is 0 Å². The van der Waals surface area contributed by atoms with Crippen LogP contribution in [0.5, 0.6) is 0 Å². The lowest BCUT2D eigenvalue weighted by atomic mass is 9.99. The SMILES string of the molecule is CCC(C)(C)NC(=O)[C@@H]1CC(=O)N(C)C1. The zero-order valence-corrected chi connectivity index (χ0v) is 9.96. The maximum Gasteiger partial charge on any atom is 0.225 e. The lowest BCUT2D eigenvalue weighted by Crippen LogP contribution is -2.46. The highest BCUT2D eigenvalue weighted by Crippen LogP contribution is 2.18. The topological polar surface area (TPSA) is 49.4 Å². The monoisotopic (exact) mass is 212 g/mol. The largest absolute Gasteiger partial charge is 0.351 e. The summed E-state index contributed by atoms with van der Waals surface area (Å²) in [4.78, 5) is 24.7. The first-order valence-corrected chi connectivity index (χ1v) is 5.41. The molecule has 1 heterocycles. The molecule has 4 heteroatoms. The second kappa shape index (κ2) is 4.21. The third-order valence-electron chi connectivity index (χ3n) is 3.06. The van der Waals surface area contributed by atoms with Crippen molar-refractivity contribution in [1.29, 1.82) is 0 Å². The van der Waals surface area contributed by atoms with Crippen LogP contribution in [0.4, 0.5) is 0 Å². The predicted molar refractivity (Wildman–Crippen MR) is 58.3 cm³/mol. The molecule has 1 aliphatic heterocycles. The number of hydrogen-bond donors (Lipinski definition) is 1. The Morgan fingerprint density at radius 3 is 2.60 bits per heavy atom. The van der Waals surface area contributed by atoms with Gasteiger partial charge in [0.05, 0.1) is 5.92 Å². The number of nitrogens with zero attached hydrogens (tertiary/aromatic N) is 1. The average molecular weight is 212 g/mol. The first-order chi connectivity index (χ1) is 6.85. The Morgan fingerprint density at radius 1 is 1.60 bits per heavy atom. The van der Waals surface area contributed by atoms with Crippen molar-refractivity contribution < 1.29 is 9.59 Å². The summed E-state index contributed by atoms with van der Waals surface area (Å²) in [6, 6.07) is 0. The van der Waals surface area contributed by atoms with Gasteiger partial charge in [-0.1, -0.05) is 6.92 Å². The maximum absolute atomic E-state index is 11.8. The van der Waals surface area contributed by atoms with E-state index in [0.29, 0.717) is 13.0 Å². The first kappa shape index (κ1) is 12.0. The molecule has 86 valence electrons. The van der Waals surface area contributed by atoms with E-state index < -0.39 is 0 Å². The summed E-state index contributed by atoms with van der Waals surface area (Å²) in [5.41, 5.74) is -0.179. The number of rotatable bonds is 3. The number of carbonyl (C=O) groups is 2.